The minimum atomic E-state index is -3.57. The standard InChI is InChI=1S/C17H25ClN2O3S/c1-4-15-7-5-6-10-19(15)17(21)12-20(24(3,22)23)16-9-8-14(18)11-13(16)2/h8-9,11,15H,4-7,10,12H2,1-3H3. The van der Waals surface area contributed by atoms with Crippen LogP contribution in [0.4, 0.5) is 5.69 Å². The minimum Gasteiger partial charge on any atom is -0.338 e. The summed E-state index contributed by atoms with van der Waals surface area (Å²) >= 11 is 5.96. The highest BCUT2D eigenvalue weighted by Crippen LogP contribution is 2.26. The molecule has 5 nitrogen and oxygen atoms in total. The molecule has 1 atom stereocenters. The van der Waals surface area contributed by atoms with Gasteiger partial charge in [0, 0.05) is 17.6 Å². The van der Waals surface area contributed by atoms with Crippen LogP contribution in [0.5, 0.6) is 0 Å². The average molecular weight is 373 g/mol. The maximum Gasteiger partial charge on any atom is 0.243 e. The predicted octanol–water partition coefficient (Wildman–Crippen LogP) is 3.21. The van der Waals surface area contributed by atoms with Gasteiger partial charge in [-0.2, -0.15) is 0 Å². The molecule has 2 rings (SSSR count). The Morgan fingerprint density at radius 3 is 2.67 bits per heavy atom. The van der Waals surface area contributed by atoms with Gasteiger partial charge in [0.15, 0.2) is 0 Å². The van der Waals surface area contributed by atoms with E-state index in [0.717, 1.165) is 37.5 Å². The molecule has 0 bridgehead atoms. The fraction of sp³-hybridized carbons (Fsp3) is 0.588. The van der Waals surface area contributed by atoms with Crippen LogP contribution < -0.4 is 4.31 Å². The second-order valence-corrected chi connectivity index (χ2v) is 8.69. The number of carbonyl (C=O) groups excluding carboxylic acids is 1. The first-order valence-electron chi connectivity index (χ1n) is 8.27. The van der Waals surface area contributed by atoms with Crippen LogP contribution in [0.25, 0.3) is 0 Å². The first-order chi connectivity index (χ1) is 11.2. The molecule has 0 radical (unpaired) electrons. The van der Waals surface area contributed by atoms with Gasteiger partial charge in [-0.3, -0.25) is 9.10 Å². The van der Waals surface area contributed by atoms with Crippen molar-refractivity contribution in [2.45, 2.75) is 45.6 Å². The molecule has 134 valence electrons. The highest BCUT2D eigenvalue weighted by Gasteiger charge is 2.29. The molecule has 1 heterocycles. The van der Waals surface area contributed by atoms with E-state index in [2.05, 4.69) is 6.92 Å². The number of nitrogens with zero attached hydrogens (tertiary/aromatic N) is 2. The first-order valence-corrected chi connectivity index (χ1v) is 10.5. The number of likely N-dealkylation sites (tertiary alicyclic amines) is 1. The molecule has 1 aliphatic heterocycles. The minimum absolute atomic E-state index is 0.138. The highest BCUT2D eigenvalue weighted by molar-refractivity contribution is 7.92. The van der Waals surface area contributed by atoms with Gasteiger partial charge in [-0.1, -0.05) is 18.5 Å². The van der Waals surface area contributed by atoms with Crippen molar-refractivity contribution in [3.63, 3.8) is 0 Å². The van der Waals surface area contributed by atoms with Gasteiger partial charge in [0.1, 0.15) is 6.54 Å². The molecule has 0 aliphatic carbocycles. The number of sulfonamides is 1. The highest BCUT2D eigenvalue weighted by atomic mass is 35.5. The zero-order valence-corrected chi connectivity index (χ0v) is 16.0. The normalized spacial score (nSPS) is 18.5. The zero-order valence-electron chi connectivity index (χ0n) is 14.5. The second-order valence-electron chi connectivity index (χ2n) is 6.35. The number of hydrogen-bond donors (Lipinski definition) is 0. The van der Waals surface area contributed by atoms with Crippen molar-refractivity contribution < 1.29 is 13.2 Å². The molecule has 7 heteroatoms. The first kappa shape index (κ1) is 19.1. The molecule has 1 saturated heterocycles. The summed E-state index contributed by atoms with van der Waals surface area (Å²) in [4.78, 5) is 14.6. The number of carbonyl (C=O) groups is 1. The summed E-state index contributed by atoms with van der Waals surface area (Å²) in [5.74, 6) is -0.138. The van der Waals surface area contributed by atoms with Crippen molar-refractivity contribution in [2.24, 2.45) is 0 Å². The van der Waals surface area contributed by atoms with E-state index in [1.54, 1.807) is 25.1 Å². The Kier molecular flexibility index (Phi) is 6.15. The van der Waals surface area contributed by atoms with E-state index in [1.165, 1.54) is 4.31 Å². The summed E-state index contributed by atoms with van der Waals surface area (Å²) in [5, 5.41) is 0.540. The van der Waals surface area contributed by atoms with E-state index in [1.807, 2.05) is 4.90 Å². The number of halogens is 1. The van der Waals surface area contributed by atoms with Crippen molar-refractivity contribution in [3.05, 3.63) is 28.8 Å². The summed E-state index contributed by atoms with van der Waals surface area (Å²) in [6.07, 6.45) is 5.10. The lowest BCUT2D eigenvalue weighted by Gasteiger charge is -2.36. The number of aryl methyl sites for hydroxylation is 1. The van der Waals surface area contributed by atoms with Gasteiger partial charge < -0.3 is 4.90 Å². The Labute approximate surface area is 149 Å². The van der Waals surface area contributed by atoms with Gasteiger partial charge in [-0.15, -0.1) is 0 Å². The Balaban J connectivity index is 2.28. The molecule has 0 aromatic heterocycles. The molecule has 1 aliphatic rings. The fourth-order valence-corrected chi connectivity index (χ4v) is 4.38. The van der Waals surface area contributed by atoms with Crippen molar-refractivity contribution in [1.82, 2.24) is 4.90 Å². The molecule has 1 unspecified atom stereocenters. The van der Waals surface area contributed by atoms with Crippen LogP contribution in [0.2, 0.25) is 5.02 Å². The van der Waals surface area contributed by atoms with Crippen molar-refractivity contribution >= 4 is 33.2 Å². The Morgan fingerprint density at radius 2 is 2.08 bits per heavy atom. The Bertz CT molecular complexity index is 706. The van der Waals surface area contributed by atoms with Crippen LogP contribution in [-0.2, 0) is 14.8 Å². The summed E-state index contributed by atoms with van der Waals surface area (Å²) in [6.45, 7) is 4.39. The van der Waals surface area contributed by atoms with E-state index in [4.69, 9.17) is 11.6 Å². The number of piperidine rings is 1. The van der Waals surface area contributed by atoms with Gasteiger partial charge in [0.05, 0.1) is 11.9 Å². The second kappa shape index (κ2) is 7.74. The molecule has 1 aromatic rings. The Hall–Kier alpha value is -1.27. The third-order valence-corrected chi connectivity index (χ3v) is 5.89. The van der Waals surface area contributed by atoms with Gasteiger partial charge in [-0.05, 0) is 56.4 Å². The van der Waals surface area contributed by atoms with Crippen molar-refractivity contribution in [3.8, 4) is 0 Å². The van der Waals surface area contributed by atoms with Crippen LogP contribution in [0.3, 0.4) is 0 Å². The average Bonchev–Trinajstić information content (AvgIpc) is 2.52. The predicted molar refractivity (Wildman–Crippen MR) is 98.0 cm³/mol. The SMILES string of the molecule is CCC1CCCCN1C(=O)CN(c1ccc(Cl)cc1C)S(C)(=O)=O. The van der Waals surface area contributed by atoms with Gasteiger partial charge in [0.2, 0.25) is 15.9 Å². The van der Waals surface area contributed by atoms with Crippen LogP contribution in [0.15, 0.2) is 18.2 Å². The van der Waals surface area contributed by atoms with Crippen LogP contribution >= 0.6 is 11.6 Å². The van der Waals surface area contributed by atoms with E-state index in [0.29, 0.717) is 17.3 Å². The fourth-order valence-electron chi connectivity index (χ4n) is 3.25. The van der Waals surface area contributed by atoms with Gasteiger partial charge in [-0.25, -0.2) is 8.42 Å². The van der Waals surface area contributed by atoms with Crippen molar-refractivity contribution in [2.75, 3.05) is 23.7 Å². The van der Waals surface area contributed by atoms with E-state index < -0.39 is 10.0 Å². The molecule has 0 saturated carbocycles. The molecule has 1 amide bonds. The monoisotopic (exact) mass is 372 g/mol. The molecule has 0 spiro atoms. The number of amides is 1. The molecule has 0 N–H and O–H groups in total. The maximum atomic E-state index is 12.8. The van der Waals surface area contributed by atoms with Gasteiger partial charge >= 0.3 is 0 Å². The summed E-state index contributed by atoms with van der Waals surface area (Å²) in [7, 11) is -3.57. The lowest BCUT2D eigenvalue weighted by molar-refractivity contribution is -0.133. The third-order valence-electron chi connectivity index (χ3n) is 4.53. The summed E-state index contributed by atoms with van der Waals surface area (Å²) in [6, 6.07) is 5.20. The molecular weight excluding hydrogens is 348 g/mol. The van der Waals surface area contributed by atoms with Crippen molar-refractivity contribution in [1.29, 1.82) is 0 Å². The van der Waals surface area contributed by atoms with Crippen LogP contribution in [-0.4, -0.2) is 44.6 Å². The lowest BCUT2D eigenvalue weighted by Crippen LogP contribution is -2.49. The topological polar surface area (TPSA) is 57.7 Å². The number of rotatable bonds is 5. The van der Waals surface area contributed by atoms with E-state index in [9.17, 15) is 13.2 Å². The number of anilines is 1. The summed E-state index contributed by atoms with van der Waals surface area (Å²) < 4.78 is 25.7. The van der Waals surface area contributed by atoms with Crippen LogP contribution in [0, 0.1) is 6.92 Å². The largest absolute Gasteiger partial charge is 0.338 e. The smallest absolute Gasteiger partial charge is 0.243 e. The molecule has 1 aromatic carbocycles. The summed E-state index contributed by atoms with van der Waals surface area (Å²) in [5.41, 5.74) is 1.23. The lowest BCUT2D eigenvalue weighted by atomic mass is 10.00. The number of benzene rings is 1. The van der Waals surface area contributed by atoms with E-state index in [-0.39, 0.29) is 18.5 Å². The quantitative estimate of drug-likeness (QED) is 0.797. The maximum absolute atomic E-state index is 12.8. The molecule has 1 fully saturated rings. The Morgan fingerprint density at radius 1 is 1.38 bits per heavy atom. The van der Waals surface area contributed by atoms with Crippen LogP contribution in [0.1, 0.15) is 38.2 Å². The van der Waals surface area contributed by atoms with E-state index >= 15 is 0 Å². The number of hydrogen-bond acceptors (Lipinski definition) is 3. The molecule has 24 heavy (non-hydrogen) atoms. The van der Waals surface area contributed by atoms with Gasteiger partial charge in [0.25, 0.3) is 0 Å². The molecular formula is C17H25ClN2O3S. The third kappa shape index (κ3) is 4.42. The zero-order chi connectivity index (χ0) is 17.9.